The van der Waals surface area contributed by atoms with Crippen LogP contribution < -0.4 is 5.73 Å². The minimum atomic E-state index is -0.577. The summed E-state index contributed by atoms with van der Waals surface area (Å²) < 4.78 is 4.96. The summed E-state index contributed by atoms with van der Waals surface area (Å²) in [6.45, 7) is 1.03. The highest BCUT2D eigenvalue weighted by Crippen LogP contribution is 2.25. The van der Waals surface area contributed by atoms with E-state index >= 15 is 0 Å². The molecular formula is C15H21ClN2O2. The van der Waals surface area contributed by atoms with Crippen LogP contribution in [0.15, 0.2) is 24.3 Å². The highest BCUT2D eigenvalue weighted by molar-refractivity contribution is 6.31. The van der Waals surface area contributed by atoms with Crippen molar-refractivity contribution < 1.29 is 9.53 Å². The Balaban J connectivity index is 2.04. The van der Waals surface area contributed by atoms with Gasteiger partial charge in [0.1, 0.15) is 6.04 Å². The second kappa shape index (κ2) is 7.07. The van der Waals surface area contributed by atoms with Crippen LogP contribution in [-0.4, -0.2) is 43.2 Å². The van der Waals surface area contributed by atoms with Crippen LogP contribution in [-0.2, 0) is 16.0 Å². The number of benzene rings is 1. The minimum absolute atomic E-state index is 0.0265. The van der Waals surface area contributed by atoms with Gasteiger partial charge in [-0.15, -0.1) is 0 Å². The van der Waals surface area contributed by atoms with E-state index < -0.39 is 6.04 Å². The standard InChI is InChI=1S/C15H21ClN2O2/c1-20-10-14(17)15(19)18-8-4-6-12(18)9-11-5-2-3-7-13(11)16/h2-3,5,7,12,14H,4,6,8-10,17H2,1H3. The van der Waals surface area contributed by atoms with Gasteiger partial charge < -0.3 is 15.4 Å². The average Bonchev–Trinajstić information content (AvgIpc) is 2.89. The summed E-state index contributed by atoms with van der Waals surface area (Å²) in [5, 5.41) is 0.757. The summed E-state index contributed by atoms with van der Waals surface area (Å²) in [4.78, 5) is 14.2. The van der Waals surface area contributed by atoms with E-state index in [2.05, 4.69) is 0 Å². The number of rotatable bonds is 5. The summed E-state index contributed by atoms with van der Waals surface area (Å²) in [5.74, 6) is -0.0265. The molecule has 4 nitrogen and oxygen atoms in total. The zero-order valence-corrected chi connectivity index (χ0v) is 12.5. The molecule has 1 saturated heterocycles. The monoisotopic (exact) mass is 296 g/mol. The Morgan fingerprint density at radius 3 is 3.00 bits per heavy atom. The van der Waals surface area contributed by atoms with Crippen molar-refractivity contribution in [2.24, 2.45) is 5.73 Å². The number of hydrogen-bond donors (Lipinski definition) is 1. The molecule has 2 unspecified atom stereocenters. The SMILES string of the molecule is COCC(N)C(=O)N1CCCC1Cc1ccccc1Cl. The summed E-state index contributed by atoms with van der Waals surface area (Å²) in [7, 11) is 1.55. The lowest BCUT2D eigenvalue weighted by Gasteiger charge is -2.27. The van der Waals surface area contributed by atoms with Gasteiger partial charge in [0.05, 0.1) is 6.61 Å². The molecule has 0 bridgehead atoms. The number of ether oxygens (including phenoxy) is 1. The van der Waals surface area contributed by atoms with Crippen molar-refractivity contribution in [2.45, 2.75) is 31.3 Å². The van der Waals surface area contributed by atoms with Crippen LogP contribution >= 0.6 is 11.6 Å². The Morgan fingerprint density at radius 2 is 2.30 bits per heavy atom. The van der Waals surface area contributed by atoms with Crippen LogP contribution in [0.5, 0.6) is 0 Å². The first-order valence-corrected chi connectivity index (χ1v) is 7.29. The van der Waals surface area contributed by atoms with Crippen molar-refractivity contribution in [3.63, 3.8) is 0 Å². The number of methoxy groups -OCH3 is 1. The highest BCUT2D eigenvalue weighted by atomic mass is 35.5. The fraction of sp³-hybridized carbons (Fsp3) is 0.533. The van der Waals surface area contributed by atoms with Crippen LogP contribution in [0.1, 0.15) is 18.4 Å². The van der Waals surface area contributed by atoms with Crippen LogP contribution in [0.4, 0.5) is 0 Å². The minimum Gasteiger partial charge on any atom is -0.383 e. The van der Waals surface area contributed by atoms with E-state index in [4.69, 9.17) is 22.1 Å². The number of carbonyl (C=O) groups excluding carboxylic acids is 1. The molecule has 1 aromatic rings. The molecule has 1 amide bonds. The van der Waals surface area contributed by atoms with E-state index in [0.717, 1.165) is 36.4 Å². The van der Waals surface area contributed by atoms with Crippen molar-refractivity contribution in [1.82, 2.24) is 4.90 Å². The molecule has 110 valence electrons. The molecule has 0 aromatic heterocycles. The number of carbonyl (C=O) groups is 1. The van der Waals surface area contributed by atoms with E-state index in [1.165, 1.54) is 0 Å². The molecule has 1 aliphatic heterocycles. The zero-order valence-electron chi connectivity index (χ0n) is 11.7. The van der Waals surface area contributed by atoms with E-state index in [1.54, 1.807) is 7.11 Å². The van der Waals surface area contributed by atoms with E-state index in [1.807, 2.05) is 29.2 Å². The molecule has 0 aliphatic carbocycles. The lowest BCUT2D eigenvalue weighted by Crippen LogP contribution is -2.48. The molecule has 0 saturated carbocycles. The lowest BCUT2D eigenvalue weighted by atomic mass is 10.0. The van der Waals surface area contributed by atoms with Crippen LogP contribution in [0, 0.1) is 0 Å². The molecule has 20 heavy (non-hydrogen) atoms. The fourth-order valence-corrected chi connectivity index (χ4v) is 2.93. The normalized spacial score (nSPS) is 20.1. The van der Waals surface area contributed by atoms with E-state index in [-0.39, 0.29) is 18.6 Å². The van der Waals surface area contributed by atoms with Crippen molar-refractivity contribution in [1.29, 1.82) is 0 Å². The molecule has 2 rings (SSSR count). The Bertz CT molecular complexity index is 467. The molecular weight excluding hydrogens is 276 g/mol. The number of hydrogen-bond acceptors (Lipinski definition) is 3. The van der Waals surface area contributed by atoms with Gasteiger partial charge in [0.2, 0.25) is 5.91 Å². The Hall–Kier alpha value is -1.10. The second-order valence-electron chi connectivity index (χ2n) is 5.19. The van der Waals surface area contributed by atoms with Crippen molar-refractivity contribution >= 4 is 17.5 Å². The Kier molecular flexibility index (Phi) is 5.40. The van der Waals surface area contributed by atoms with Gasteiger partial charge in [0.25, 0.3) is 0 Å². The quantitative estimate of drug-likeness (QED) is 0.902. The molecule has 1 heterocycles. The van der Waals surface area contributed by atoms with Crippen molar-refractivity contribution in [3.8, 4) is 0 Å². The van der Waals surface area contributed by atoms with Gasteiger partial charge in [-0.1, -0.05) is 29.8 Å². The van der Waals surface area contributed by atoms with Crippen molar-refractivity contribution in [2.75, 3.05) is 20.3 Å². The smallest absolute Gasteiger partial charge is 0.242 e. The van der Waals surface area contributed by atoms with Gasteiger partial charge in [-0.3, -0.25) is 4.79 Å². The fourth-order valence-electron chi connectivity index (χ4n) is 2.72. The summed E-state index contributed by atoms with van der Waals surface area (Å²) in [5.41, 5.74) is 6.93. The molecule has 1 aromatic carbocycles. The van der Waals surface area contributed by atoms with Gasteiger partial charge in [-0.05, 0) is 30.9 Å². The maximum absolute atomic E-state index is 12.3. The van der Waals surface area contributed by atoms with Crippen LogP contribution in [0.25, 0.3) is 0 Å². The Morgan fingerprint density at radius 1 is 1.55 bits per heavy atom. The first-order chi connectivity index (χ1) is 9.63. The highest BCUT2D eigenvalue weighted by Gasteiger charge is 2.31. The third kappa shape index (κ3) is 3.51. The topological polar surface area (TPSA) is 55.6 Å². The molecule has 0 radical (unpaired) electrons. The summed E-state index contributed by atoms with van der Waals surface area (Å²) >= 11 is 6.19. The summed E-state index contributed by atoms with van der Waals surface area (Å²) in [6, 6.07) is 7.39. The second-order valence-corrected chi connectivity index (χ2v) is 5.59. The third-order valence-electron chi connectivity index (χ3n) is 3.74. The number of likely N-dealkylation sites (tertiary alicyclic amines) is 1. The van der Waals surface area contributed by atoms with E-state index in [0.29, 0.717) is 0 Å². The van der Waals surface area contributed by atoms with Crippen LogP contribution in [0.2, 0.25) is 5.02 Å². The first-order valence-electron chi connectivity index (χ1n) is 6.92. The molecule has 2 atom stereocenters. The van der Waals surface area contributed by atoms with Crippen molar-refractivity contribution in [3.05, 3.63) is 34.9 Å². The first kappa shape index (κ1) is 15.3. The maximum Gasteiger partial charge on any atom is 0.242 e. The van der Waals surface area contributed by atoms with Gasteiger partial charge in [-0.25, -0.2) is 0 Å². The zero-order chi connectivity index (χ0) is 14.5. The van der Waals surface area contributed by atoms with Gasteiger partial charge >= 0.3 is 0 Å². The van der Waals surface area contributed by atoms with Gasteiger partial charge in [0, 0.05) is 24.7 Å². The van der Waals surface area contributed by atoms with E-state index in [9.17, 15) is 4.79 Å². The molecule has 1 aliphatic rings. The number of nitrogens with zero attached hydrogens (tertiary/aromatic N) is 1. The Labute approximate surface area is 124 Å². The molecule has 5 heteroatoms. The third-order valence-corrected chi connectivity index (χ3v) is 4.11. The molecule has 2 N–H and O–H groups in total. The number of nitrogens with two attached hydrogens (primary N) is 1. The summed E-state index contributed by atoms with van der Waals surface area (Å²) in [6.07, 6.45) is 2.79. The maximum atomic E-state index is 12.3. The molecule has 1 fully saturated rings. The number of halogens is 1. The lowest BCUT2D eigenvalue weighted by molar-refractivity contribution is -0.134. The van der Waals surface area contributed by atoms with Crippen LogP contribution in [0.3, 0.4) is 0 Å². The predicted molar refractivity (Wildman–Crippen MR) is 79.7 cm³/mol. The van der Waals surface area contributed by atoms with Gasteiger partial charge in [0.15, 0.2) is 0 Å². The number of amides is 1. The molecule has 0 spiro atoms. The van der Waals surface area contributed by atoms with Gasteiger partial charge in [-0.2, -0.15) is 0 Å². The largest absolute Gasteiger partial charge is 0.383 e. The predicted octanol–water partition coefficient (Wildman–Crippen LogP) is 1.85. The average molecular weight is 297 g/mol.